The molecule has 2 N–H and O–H groups in total. The Bertz CT molecular complexity index is 42.7. The van der Waals surface area contributed by atoms with Crippen molar-refractivity contribution in [1.82, 2.24) is 5.32 Å². The molecule has 0 aliphatic heterocycles. The Morgan fingerprint density at radius 2 is 2.43 bits per heavy atom. The quantitative estimate of drug-likeness (QED) is 0.404. The summed E-state index contributed by atoms with van der Waals surface area (Å²) in [5.74, 6) is 0. The van der Waals surface area contributed by atoms with Crippen molar-refractivity contribution in [2.24, 2.45) is 0 Å². The lowest BCUT2D eigenvalue weighted by Gasteiger charge is -2.04. The number of alkyl halides is 1. The van der Waals surface area contributed by atoms with E-state index in [1.165, 1.54) is 0 Å². The Labute approximate surface area is 57.4 Å². The lowest BCUT2D eigenvalue weighted by atomic mass is 10.4. The first kappa shape index (κ1) is 7.65. The van der Waals surface area contributed by atoms with E-state index >= 15 is 0 Å². The van der Waals surface area contributed by atoms with E-state index in [-0.39, 0.29) is 12.6 Å². The maximum atomic E-state index is 8.40. The number of nitrogens with one attached hydrogen (secondary N) is 1. The highest BCUT2D eigenvalue weighted by molar-refractivity contribution is 14.1. The van der Waals surface area contributed by atoms with Gasteiger partial charge in [0.05, 0.1) is 6.61 Å². The van der Waals surface area contributed by atoms with Crippen LogP contribution in [0.15, 0.2) is 0 Å². The minimum atomic E-state index is 0.225. The summed E-state index contributed by atoms with van der Waals surface area (Å²) in [5, 5.41) is 11.4. The van der Waals surface area contributed by atoms with E-state index in [0.29, 0.717) is 0 Å². The molecular weight excluding hydrogens is 205 g/mol. The van der Waals surface area contributed by atoms with Gasteiger partial charge in [0.1, 0.15) is 0 Å². The van der Waals surface area contributed by atoms with E-state index < -0.39 is 0 Å². The molecule has 0 unspecified atom stereocenters. The molecule has 0 fully saturated rings. The first-order valence-corrected chi connectivity index (χ1v) is 3.74. The topological polar surface area (TPSA) is 32.3 Å². The predicted molar refractivity (Wildman–Crippen MR) is 38.6 cm³/mol. The molecule has 0 radical (unpaired) electrons. The summed E-state index contributed by atoms with van der Waals surface area (Å²) < 4.78 is 0.902. The fraction of sp³-hybridized carbons (Fsp3) is 1.00. The van der Waals surface area contributed by atoms with Gasteiger partial charge in [-0.1, -0.05) is 22.6 Å². The monoisotopic (exact) mass is 215 g/mol. The van der Waals surface area contributed by atoms with Crippen LogP contribution in [-0.4, -0.2) is 22.3 Å². The lowest BCUT2D eigenvalue weighted by Crippen LogP contribution is -2.27. The fourth-order valence-corrected chi connectivity index (χ4v) is 0.948. The second-order valence-corrected chi connectivity index (χ2v) is 2.18. The van der Waals surface area contributed by atoms with Crippen molar-refractivity contribution in [3.63, 3.8) is 0 Å². The summed E-state index contributed by atoms with van der Waals surface area (Å²) in [5.41, 5.74) is 0. The van der Waals surface area contributed by atoms with Gasteiger partial charge in [-0.3, -0.25) is 0 Å². The molecular formula is C4H10INO. The van der Waals surface area contributed by atoms with Crippen molar-refractivity contribution in [1.29, 1.82) is 0 Å². The molecule has 1 atom stereocenters. The van der Waals surface area contributed by atoms with E-state index in [0.717, 1.165) is 4.55 Å². The van der Waals surface area contributed by atoms with Crippen LogP contribution in [-0.2, 0) is 0 Å². The third-order valence-corrected chi connectivity index (χ3v) is 1.14. The highest BCUT2D eigenvalue weighted by Gasteiger charge is 1.92. The van der Waals surface area contributed by atoms with Crippen LogP contribution in [0.3, 0.4) is 0 Å². The molecule has 0 aliphatic rings. The molecule has 0 spiro atoms. The van der Waals surface area contributed by atoms with Crippen molar-refractivity contribution in [3.05, 3.63) is 0 Å². The standard InChI is InChI=1S/C4H10INO/c1-4(2-7)6-3-5/h4,6-7H,2-3H2,1H3/t4-/m0/s1. The molecule has 0 saturated carbocycles. The van der Waals surface area contributed by atoms with Crippen molar-refractivity contribution in [2.75, 3.05) is 11.2 Å². The van der Waals surface area contributed by atoms with E-state index in [4.69, 9.17) is 5.11 Å². The molecule has 0 aromatic rings. The number of rotatable bonds is 3. The number of aliphatic hydroxyl groups excluding tert-OH is 1. The third kappa shape index (κ3) is 4.50. The Balaban J connectivity index is 2.83. The zero-order valence-corrected chi connectivity index (χ0v) is 6.47. The van der Waals surface area contributed by atoms with Crippen molar-refractivity contribution in [2.45, 2.75) is 13.0 Å². The number of hydrogen-bond acceptors (Lipinski definition) is 2. The lowest BCUT2D eigenvalue weighted by molar-refractivity contribution is 0.257. The molecule has 2 nitrogen and oxygen atoms in total. The zero-order chi connectivity index (χ0) is 5.70. The molecule has 0 saturated heterocycles. The first-order valence-electron chi connectivity index (χ1n) is 2.21. The predicted octanol–water partition coefficient (Wildman–Crippen LogP) is 0.349. The first-order chi connectivity index (χ1) is 3.31. The number of halogens is 1. The molecule has 44 valence electrons. The average molecular weight is 215 g/mol. The third-order valence-electron chi connectivity index (χ3n) is 0.699. The molecule has 7 heavy (non-hydrogen) atoms. The minimum absolute atomic E-state index is 0.225. The van der Waals surface area contributed by atoms with E-state index in [9.17, 15) is 0 Å². The summed E-state index contributed by atoms with van der Waals surface area (Å²) in [4.78, 5) is 0. The molecule has 3 heteroatoms. The minimum Gasteiger partial charge on any atom is -0.395 e. The highest BCUT2D eigenvalue weighted by atomic mass is 127. The van der Waals surface area contributed by atoms with Gasteiger partial charge in [-0.15, -0.1) is 0 Å². The van der Waals surface area contributed by atoms with E-state index in [1.54, 1.807) is 0 Å². The summed E-state index contributed by atoms with van der Waals surface area (Å²) >= 11 is 2.20. The van der Waals surface area contributed by atoms with Crippen LogP contribution in [0.25, 0.3) is 0 Å². The second kappa shape index (κ2) is 4.80. The fourth-order valence-electron chi connectivity index (χ4n) is 0.196. The summed E-state index contributed by atoms with van der Waals surface area (Å²) in [6.07, 6.45) is 0. The van der Waals surface area contributed by atoms with Crippen LogP contribution in [0, 0.1) is 0 Å². The van der Waals surface area contributed by atoms with Crippen LogP contribution in [0.2, 0.25) is 0 Å². The molecule has 0 aromatic heterocycles. The summed E-state index contributed by atoms with van der Waals surface area (Å²) in [6.45, 7) is 2.17. The second-order valence-electron chi connectivity index (χ2n) is 1.42. The van der Waals surface area contributed by atoms with E-state index in [1.807, 2.05) is 6.92 Å². The van der Waals surface area contributed by atoms with Gasteiger partial charge < -0.3 is 10.4 Å². The van der Waals surface area contributed by atoms with Crippen LogP contribution in [0.1, 0.15) is 6.92 Å². The smallest absolute Gasteiger partial charge is 0.0582 e. The largest absolute Gasteiger partial charge is 0.395 e. The molecule has 0 aromatic carbocycles. The number of aliphatic hydroxyl groups is 1. The maximum Gasteiger partial charge on any atom is 0.0582 e. The van der Waals surface area contributed by atoms with Crippen molar-refractivity contribution >= 4 is 22.6 Å². The molecule has 0 amide bonds. The molecule has 0 heterocycles. The molecule has 0 bridgehead atoms. The Morgan fingerprint density at radius 1 is 1.86 bits per heavy atom. The highest BCUT2D eigenvalue weighted by Crippen LogP contribution is 1.79. The van der Waals surface area contributed by atoms with Gasteiger partial charge >= 0.3 is 0 Å². The van der Waals surface area contributed by atoms with Gasteiger partial charge in [0.15, 0.2) is 0 Å². The number of hydrogen-bond donors (Lipinski definition) is 2. The Hall–Kier alpha value is 0.650. The summed E-state index contributed by atoms with van der Waals surface area (Å²) in [6, 6.07) is 0.247. The van der Waals surface area contributed by atoms with Gasteiger partial charge in [0.2, 0.25) is 0 Å². The van der Waals surface area contributed by atoms with Crippen LogP contribution < -0.4 is 5.32 Å². The van der Waals surface area contributed by atoms with Crippen LogP contribution in [0.5, 0.6) is 0 Å². The Kier molecular flexibility index (Phi) is 5.25. The van der Waals surface area contributed by atoms with Crippen LogP contribution in [0.4, 0.5) is 0 Å². The van der Waals surface area contributed by atoms with Gasteiger partial charge in [-0.25, -0.2) is 0 Å². The normalized spacial score (nSPS) is 14.1. The molecule has 0 aliphatic carbocycles. The maximum absolute atomic E-state index is 8.40. The SMILES string of the molecule is C[C@@H](CO)NCI. The molecule has 0 rings (SSSR count). The van der Waals surface area contributed by atoms with Crippen LogP contribution >= 0.6 is 22.6 Å². The van der Waals surface area contributed by atoms with Gasteiger partial charge in [0.25, 0.3) is 0 Å². The Morgan fingerprint density at radius 3 is 2.57 bits per heavy atom. The summed E-state index contributed by atoms with van der Waals surface area (Å²) in [7, 11) is 0. The van der Waals surface area contributed by atoms with E-state index in [2.05, 4.69) is 27.9 Å². The van der Waals surface area contributed by atoms with Gasteiger partial charge in [0, 0.05) is 10.6 Å². The average Bonchev–Trinajstić information content (AvgIpc) is 1.68. The van der Waals surface area contributed by atoms with Gasteiger partial charge in [-0.05, 0) is 6.92 Å². The van der Waals surface area contributed by atoms with Gasteiger partial charge in [-0.2, -0.15) is 0 Å². The van der Waals surface area contributed by atoms with Crippen molar-refractivity contribution in [3.8, 4) is 0 Å². The van der Waals surface area contributed by atoms with Crippen molar-refractivity contribution < 1.29 is 5.11 Å². The zero-order valence-electron chi connectivity index (χ0n) is 4.32.